The van der Waals surface area contributed by atoms with Crippen molar-refractivity contribution in [2.75, 3.05) is 44.7 Å². The summed E-state index contributed by atoms with van der Waals surface area (Å²) < 4.78 is 26.7. The Bertz CT molecular complexity index is 1640. The predicted molar refractivity (Wildman–Crippen MR) is 166 cm³/mol. The average molecular weight is 619 g/mol. The molecule has 0 aliphatic carbocycles. The molecule has 6 rings (SSSR count). The number of rotatable bonds is 7. The van der Waals surface area contributed by atoms with Gasteiger partial charge in [0.1, 0.15) is 12.4 Å². The van der Waals surface area contributed by atoms with E-state index in [0.717, 1.165) is 47.0 Å². The van der Waals surface area contributed by atoms with Crippen LogP contribution in [0, 0.1) is 11.3 Å². The van der Waals surface area contributed by atoms with Gasteiger partial charge in [0, 0.05) is 48.1 Å². The second kappa shape index (κ2) is 12.3. The second-order valence-electron chi connectivity index (χ2n) is 12.1. The standard InChI is InChI=1S/C33H36ClFN6O3/c1-21(35)31(42)41-16-15-40(20-33(41,2)12-13-36)30-25-19-43-28(24-10-4-7-22-8-5-11-26(34)29(22)24)17-27(25)37-32(38-30)44-18-23-9-6-14-39(23)3/h4-5,7-8,10-11,23,28H,1,6,9,12,14-20H2,2-3H3/t23-,28-,33+/m0/s1. The van der Waals surface area contributed by atoms with Gasteiger partial charge in [0.2, 0.25) is 0 Å². The van der Waals surface area contributed by atoms with E-state index < -0.39 is 17.3 Å². The third-order valence-corrected chi connectivity index (χ3v) is 9.50. The van der Waals surface area contributed by atoms with E-state index in [1.807, 2.05) is 41.3 Å². The molecule has 0 radical (unpaired) electrons. The molecule has 2 fully saturated rings. The fourth-order valence-electron chi connectivity index (χ4n) is 6.77. The summed E-state index contributed by atoms with van der Waals surface area (Å²) in [6.45, 7) is 7.62. The summed E-state index contributed by atoms with van der Waals surface area (Å²) >= 11 is 6.66. The van der Waals surface area contributed by atoms with Crippen LogP contribution in [0.25, 0.3) is 10.8 Å². The Morgan fingerprint density at radius 1 is 1.25 bits per heavy atom. The van der Waals surface area contributed by atoms with Crippen molar-refractivity contribution in [3.8, 4) is 12.1 Å². The molecule has 0 unspecified atom stereocenters. The molecule has 0 N–H and O–H groups in total. The second-order valence-corrected chi connectivity index (χ2v) is 12.6. The Morgan fingerprint density at radius 3 is 2.77 bits per heavy atom. The van der Waals surface area contributed by atoms with E-state index in [1.165, 1.54) is 4.90 Å². The molecule has 3 aromatic rings. The Labute approximate surface area is 261 Å². The highest BCUT2D eigenvalue weighted by Gasteiger charge is 2.43. The Hall–Kier alpha value is -3.78. The zero-order valence-electron chi connectivity index (χ0n) is 25.1. The van der Waals surface area contributed by atoms with Crippen molar-refractivity contribution in [3.63, 3.8) is 0 Å². The van der Waals surface area contributed by atoms with Crippen LogP contribution in [0.3, 0.4) is 0 Å². The van der Waals surface area contributed by atoms with Crippen molar-refractivity contribution >= 4 is 34.1 Å². The summed E-state index contributed by atoms with van der Waals surface area (Å²) in [7, 11) is 2.10. The van der Waals surface area contributed by atoms with Crippen molar-refractivity contribution in [2.45, 2.75) is 56.9 Å². The molecule has 230 valence electrons. The zero-order chi connectivity index (χ0) is 31.0. The third-order valence-electron chi connectivity index (χ3n) is 9.18. The van der Waals surface area contributed by atoms with Gasteiger partial charge in [-0.1, -0.05) is 48.5 Å². The number of ether oxygens (including phenoxy) is 2. The largest absolute Gasteiger partial charge is 0.462 e. The molecule has 3 aliphatic heterocycles. The summed E-state index contributed by atoms with van der Waals surface area (Å²) in [6.07, 6.45) is 2.41. The SMILES string of the molecule is C=C(F)C(=O)N1CCN(c2nc(OC[C@@H]3CCCN3C)nc3c2CO[C@H](c2cccc4cccc(Cl)c24)C3)C[C@@]1(C)CC#N. The van der Waals surface area contributed by atoms with Crippen LogP contribution >= 0.6 is 11.6 Å². The zero-order valence-corrected chi connectivity index (χ0v) is 25.8. The average Bonchev–Trinajstić information content (AvgIpc) is 3.43. The molecule has 0 saturated carbocycles. The van der Waals surface area contributed by atoms with Crippen molar-refractivity contribution in [3.05, 3.63) is 70.6 Å². The number of hydrogen-bond donors (Lipinski definition) is 0. The molecule has 9 nitrogen and oxygen atoms in total. The molecular formula is C33H36ClFN6O3. The molecule has 4 heterocycles. The van der Waals surface area contributed by atoms with Crippen LogP contribution in [-0.4, -0.2) is 77.1 Å². The van der Waals surface area contributed by atoms with Gasteiger partial charge < -0.3 is 24.2 Å². The van der Waals surface area contributed by atoms with E-state index in [4.69, 9.17) is 31.0 Å². The number of carbonyl (C=O) groups excluding carboxylic acids is 1. The van der Waals surface area contributed by atoms with Crippen LogP contribution in [0.2, 0.25) is 5.02 Å². The predicted octanol–water partition coefficient (Wildman–Crippen LogP) is 5.37. The number of likely N-dealkylation sites (N-methyl/N-ethyl adjacent to an activating group) is 1. The summed E-state index contributed by atoms with van der Waals surface area (Å²) in [5, 5.41) is 12.3. The van der Waals surface area contributed by atoms with E-state index in [9.17, 15) is 14.4 Å². The minimum absolute atomic E-state index is 0.0214. The minimum atomic E-state index is -1.04. The van der Waals surface area contributed by atoms with Gasteiger partial charge in [-0.2, -0.15) is 15.2 Å². The van der Waals surface area contributed by atoms with Crippen LogP contribution < -0.4 is 9.64 Å². The van der Waals surface area contributed by atoms with Gasteiger partial charge in [-0.05, 0) is 50.4 Å². The van der Waals surface area contributed by atoms with Crippen LogP contribution in [0.1, 0.15) is 49.1 Å². The van der Waals surface area contributed by atoms with Crippen molar-refractivity contribution in [2.24, 2.45) is 0 Å². The molecule has 1 aromatic heterocycles. The number of hydrogen-bond acceptors (Lipinski definition) is 8. The highest BCUT2D eigenvalue weighted by Crippen LogP contribution is 2.40. The van der Waals surface area contributed by atoms with Crippen LogP contribution in [0.5, 0.6) is 6.01 Å². The first-order valence-corrected chi connectivity index (χ1v) is 15.4. The first-order chi connectivity index (χ1) is 21.2. The van der Waals surface area contributed by atoms with Crippen LogP contribution in [0.15, 0.2) is 48.8 Å². The fourth-order valence-corrected chi connectivity index (χ4v) is 7.06. The number of aromatic nitrogens is 2. The topological polar surface area (TPSA) is 94.8 Å². The summed E-state index contributed by atoms with van der Waals surface area (Å²) in [5.41, 5.74) is 1.70. The Balaban J connectivity index is 1.36. The van der Waals surface area contributed by atoms with Gasteiger partial charge in [0.25, 0.3) is 5.91 Å². The van der Waals surface area contributed by atoms with E-state index in [1.54, 1.807) is 6.92 Å². The number of nitrogens with zero attached hydrogens (tertiary/aromatic N) is 6. The molecule has 0 spiro atoms. The van der Waals surface area contributed by atoms with Gasteiger partial charge in [0.15, 0.2) is 5.83 Å². The number of carbonyl (C=O) groups is 1. The number of amides is 1. The number of likely N-dealkylation sites (tertiary alicyclic amines) is 1. The highest BCUT2D eigenvalue weighted by atomic mass is 35.5. The lowest BCUT2D eigenvalue weighted by atomic mass is 9.91. The first kappa shape index (κ1) is 30.3. The van der Waals surface area contributed by atoms with E-state index >= 15 is 0 Å². The van der Waals surface area contributed by atoms with E-state index in [2.05, 4.69) is 24.6 Å². The first-order valence-electron chi connectivity index (χ1n) is 15.0. The summed E-state index contributed by atoms with van der Waals surface area (Å²) in [4.78, 5) is 28.2. The van der Waals surface area contributed by atoms with E-state index in [0.29, 0.717) is 30.4 Å². The maximum Gasteiger partial charge on any atom is 0.318 e. The highest BCUT2D eigenvalue weighted by molar-refractivity contribution is 6.35. The van der Waals surface area contributed by atoms with Crippen LogP contribution in [-0.2, 0) is 22.6 Å². The Morgan fingerprint density at radius 2 is 2.05 bits per heavy atom. The quantitative estimate of drug-likeness (QED) is 0.326. The van der Waals surface area contributed by atoms with Crippen LogP contribution in [0.4, 0.5) is 10.2 Å². The van der Waals surface area contributed by atoms with Crippen molar-refractivity contribution in [1.82, 2.24) is 19.8 Å². The monoisotopic (exact) mass is 618 g/mol. The molecule has 1 amide bonds. The van der Waals surface area contributed by atoms with Crippen molar-refractivity contribution in [1.29, 1.82) is 5.26 Å². The number of benzene rings is 2. The number of nitriles is 1. The maximum atomic E-state index is 14.0. The lowest BCUT2D eigenvalue weighted by molar-refractivity contribution is -0.135. The molecule has 2 aromatic carbocycles. The number of anilines is 1. The van der Waals surface area contributed by atoms with Crippen molar-refractivity contribution < 1.29 is 18.7 Å². The summed E-state index contributed by atoms with van der Waals surface area (Å²) in [6, 6.07) is 14.7. The van der Waals surface area contributed by atoms with Gasteiger partial charge >= 0.3 is 6.01 Å². The van der Waals surface area contributed by atoms with Gasteiger partial charge in [0.05, 0.1) is 36.4 Å². The maximum absolute atomic E-state index is 14.0. The molecule has 3 aliphatic rings. The lowest BCUT2D eigenvalue weighted by Gasteiger charge is -2.48. The molecule has 44 heavy (non-hydrogen) atoms. The fraction of sp³-hybridized carbons (Fsp3) is 0.455. The summed E-state index contributed by atoms with van der Waals surface area (Å²) in [5.74, 6) is -1.19. The number of fused-ring (bicyclic) bond motifs is 2. The molecule has 11 heteroatoms. The molecular weight excluding hydrogens is 583 g/mol. The lowest BCUT2D eigenvalue weighted by Crippen LogP contribution is -2.63. The third kappa shape index (κ3) is 5.72. The minimum Gasteiger partial charge on any atom is -0.462 e. The number of halogens is 2. The molecule has 2 saturated heterocycles. The smallest absolute Gasteiger partial charge is 0.318 e. The number of piperazine rings is 1. The normalized spacial score (nSPS) is 23.8. The Kier molecular flexibility index (Phi) is 8.46. The molecule has 0 bridgehead atoms. The van der Waals surface area contributed by atoms with Gasteiger partial charge in [-0.15, -0.1) is 0 Å². The molecule has 3 atom stereocenters. The van der Waals surface area contributed by atoms with Gasteiger partial charge in [-0.3, -0.25) is 4.79 Å². The van der Waals surface area contributed by atoms with E-state index in [-0.39, 0.29) is 44.3 Å². The van der Waals surface area contributed by atoms with Gasteiger partial charge in [-0.25, -0.2) is 4.39 Å².